The summed E-state index contributed by atoms with van der Waals surface area (Å²) in [6.07, 6.45) is 2.39. The van der Waals surface area contributed by atoms with E-state index in [-0.39, 0.29) is 5.01 Å². The number of aliphatic hydroxyl groups is 1. The maximum Gasteiger partial charge on any atom is 0.300 e. The first-order valence-corrected chi connectivity index (χ1v) is 5.40. The van der Waals surface area contributed by atoms with E-state index in [4.69, 9.17) is 24.5 Å². The largest absolute Gasteiger partial charge is 0.481 e. The van der Waals surface area contributed by atoms with Crippen LogP contribution < -0.4 is 0 Å². The lowest BCUT2D eigenvalue weighted by Crippen LogP contribution is -2.26. The van der Waals surface area contributed by atoms with Crippen LogP contribution in [0.15, 0.2) is 0 Å². The standard InChI is InChI=1S/C6H11BrO2.C2H4O2.CH4O/c1-8-5-2-3-9-6(7)4-5;1-2(3)4;1-2/h5-6H,2-4H2,1H3;1H3,(H,3,4);2H,1H3. The Morgan fingerprint density at radius 3 is 2.27 bits per heavy atom. The van der Waals surface area contributed by atoms with Crippen molar-refractivity contribution in [2.24, 2.45) is 0 Å². The fourth-order valence-electron chi connectivity index (χ4n) is 0.934. The van der Waals surface area contributed by atoms with E-state index in [1.54, 1.807) is 7.11 Å². The molecule has 2 N–H and O–H groups in total. The third-order valence-corrected chi connectivity index (χ3v) is 2.16. The highest BCUT2D eigenvalue weighted by molar-refractivity contribution is 9.09. The molecule has 2 atom stereocenters. The zero-order valence-corrected chi connectivity index (χ0v) is 10.9. The molecule has 0 bridgehead atoms. The summed E-state index contributed by atoms with van der Waals surface area (Å²) < 4.78 is 10.4. The van der Waals surface area contributed by atoms with Gasteiger partial charge in [0.2, 0.25) is 0 Å². The highest BCUT2D eigenvalue weighted by atomic mass is 79.9. The summed E-state index contributed by atoms with van der Waals surface area (Å²) in [7, 11) is 2.75. The molecule has 2 unspecified atom stereocenters. The first-order valence-electron chi connectivity index (χ1n) is 4.49. The van der Waals surface area contributed by atoms with Gasteiger partial charge in [-0.25, -0.2) is 0 Å². The summed E-state index contributed by atoms with van der Waals surface area (Å²) in [5, 5.41) is 14.6. The highest BCUT2D eigenvalue weighted by Gasteiger charge is 2.19. The fraction of sp³-hybridized carbons (Fsp3) is 0.889. The van der Waals surface area contributed by atoms with Crippen molar-refractivity contribution in [1.82, 2.24) is 0 Å². The predicted molar refractivity (Wildman–Crippen MR) is 60.2 cm³/mol. The van der Waals surface area contributed by atoms with Crippen molar-refractivity contribution in [3.05, 3.63) is 0 Å². The third kappa shape index (κ3) is 13.8. The zero-order valence-electron chi connectivity index (χ0n) is 9.27. The molecule has 1 rings (SSSR count). The van der Waals surface area contributed by atoms with Gasteiger partial charge in [0.25, 0.3) is 5.97 Å². The van der Waals surface area contributed by atoms with E-state index in [0.717, 1.165) is 33.5 Å². The quantitative estimate of drug-likeness (QED) is 0.709. The van der Waals surface area contributed by atoms with Gasteiger partial charge >= 0.3 is 0 Å². The molecule has 92 valence electrons. The number of hydrogen-bond acceptors (Lipinski definition) is 4. The van der Waals surface area contributed by atoms with Crippen molar-refractivity contribution >= 4 is 21.9 Å². The molecule has 0 aromatic carbocycles. The SMILES string of the molecule is CC(=O)O.CO.COC1CCOC(Br)C1. The van der Waals surface area contributed by atoms with Gasteiger partial charge in [0, 0.05) is 27.6 Å². The van der Waals surface area contributed by atoms with Crippen LogP contribution in [0.3, 0.4) is 0 Å². The minimum Gasteiger partial charge on any atom is -0.481 e. The smallest absolute Gasteiger partial charge is 0.300 e. The van der Waals surface area contributed by atoms with Crippen LogP contribution in [0.4, 0.5) is 0 Å². The second kappa shape index (κ2) is 11.9. The van der Waals surface area contributed by atoms with Gasteiger partial charge in [-0.1, -0.05) is 15.9 Å². The van der Waals surface area contributed by atoms with E-state index in [2.05, 4.69) is 15.9 Å². The third-order valence-electron chi connectivity index (χ3n) is 1.52. The Morgan fingerprint density at radius 2 is 2.00 bits per heavy atom. The summed E-state index contributed by atoms with van der Waals surface area (Å²) in [5.41, 5.74) is 0. The van der Waals surface area contributed by atoms with Gasteiger partial charge in [-0.05, 0) is 6.42 Å². The van der Waals surface area contributed by atoms with E-state index in [1.165, 1.54) is 0 Å². The Balaban J connectivity index is 0. The minimum absolute atomic E-state index is 0.205. The van der Waals surface area contributed by atoms with Crippen molar-refractivity contribution < 1.29 is 24.5 Å². The molecule has 1 aliphatic rings. The van der Waals surface area contributed by atoms with Crippen LogP contribution >= 0.6 is 15.9 Å². The van der Waals surface area contributed by atoms with Gasteiger partial charge in [0.15, 0.2) is 0 Å². The van der Waals surface area contributed by atoms with Crippen LogP contribution in [0.1, 0.15) is 19.8 Å². The Labute approximate surface area is 98.5 Å². The molecule has 0 radical (unpaired) electrons. The maximum atomic E-state index is 9.00. The van der Waals surface area contributed by atoms with Gasteiger partial charge in [0.1, 0.15) is 5.01 Å². The summed E-state index contributed by atoms with van der Waals surface area (Å²) >= 11 is 3.37. The van der Waals surface area contributed by atoms with Crippen LogP contribution in [-0.2, 0) is 14.3 Å². The average Bonchev–Trinajstić information content (AvgIpc) is 2.20. The van der Waals surface area contributed by atoms with Gasteiger partial charge in [0.05, 0.1) is 12.7 Å². The summed E-state index contributed by atoms with van der Waals surface area (Å²) in [4.78, 5) is 9.00. The Morgan fingerprint density at radius 1 is 1.53 bits per heavy atom. The average molecular weight is 287 g/mol. The van der Waals surface area contributed by atoms with E-state index < -0.39 is 5.97 Å². The molecule has 15 heavy (non-hydrogen) atoms. The molecule has 0 amide bonds. The number of rotatable bonds is 1. The van der Waals surface area contributed by atoms with Gasteiger partial charge < -0.3 is 19.7 Å². The molecule has 0 aromatic heterocycles. The molecule has 6 heteroatoms. The predicted octanol–water partition coefficient (Wildman–Crippen LogP) is 1.23. The molecule has 0 saturated carbocycles. The van der Waals surface area contributed by atoms with Gasteiger partial charge in [-0.3, -0.25) is 4.79 Å². The summed E-state index contributed by atoms with van der Waals surface area (Å²) in [6.45, 7) is 1.90. The monoisotopic (exact) mass is 286 g/mol. The molecule has 0 aliphatic carbocycles. The Hall–Kier alpha value is -0.170. The van der Waals surface area contributed by atoms with Gasteiger partial charge in [-0.2, -0.15) is 0 Å². The number of halogens is 1. The maximum absolute atomic E-state index is 9.00. The van der Waals surface area contributed by atoms with Crippen LogP contribution in [0.25, 0.3) is 0 Å². The van der Waals surface area contributed by atoms with Crippen LogP contribution in [0.2, 0.25) is 0 Å². The number of alkyl halides is 1. The molecule has 1 fully saturated rings. The topological polar surface area (TPSA) is 76.0 Å². The molecule has 1 aliphatic heterocycles. The van der Waals surface area contributed by atoms with E-state index in [0.29, 0.717) is 6.10 Å². The lowest BCUT2D eigenvalue weighted by molar-refractivity contribution is -0.134. The highest BCUT2D eigenvalue weighted by Crippen LogP contribution is 2.19. The van der Waals surface area contributed by atoms with Gasteiger partial charge in [-0.15, -0.1) is 0 Å². The number of carboxylic acid groups (broad SMARTS) is 1. The van der Waals surface area contributed by atoms with Crippen LogP contribution in [-0.4, -0.2) is 48.1 Å². The number of aliphatic carboxylic acids is 1. The second-order valence-corrected chi connectivity index (χ2v) is 3.70. The molecule has 0 spiro atoms. The van der Waals surface area contributed by atoms with Crippen molar-refractivity contribution in [2.45, 2.75) is 30.9 Å². The number of methoxy groups -OCH3 is 1. The van der Waals surface area contributed by atoms with E-state index in [1.807, 2.05) is 0 Å². The number of aliphatic hydroxyl groups excluding tert-OH is 1. The Kier molecular flexibility index (Phi) is 13.7. The molecule has 1 saturated heterocycles. The Bertz CT molecular complexity index is 149. The molecule has 1 heterocycles. The number of carbonyl (C=O) groups is 1. The zero-order chi connectivity index (χ0) is 12.3. The van der Waals surface area contributed by atoms with Crippen molar-refractivity contribution in [3.63, 3.8) is 0 Å². The molecular formula is C9H19BrO5. The van der Waals surface area contributed by atoms with Crippen molar-refractivity contribution in [1.29, 1.82) is 0 Å². The normalized spacial score (nSPS) is 24.1. The minimum atomic E-state index is -0.833. The second-order valence-electron chi connectivity index (χ2n) is 2.68. The van der Waals surface area contributed by atoms with Crippen LogP contribution in [0, 0.1) is 0 Å². The lowest BCUT2D eigenvalue weighted by Gasteiger charge is -2.24. The molecular weight excluding hydrogens is 268 g/mol. The van der Waals surface area contributed by atoms with Crippen LogP contribution in [0.5, 0.6) is 0 Å². The lowest BCUT2D eigenvalue weighted by atomic mass is 10.2. The molecule has 5 nitrogen and oxygen atoms in total. The van der Waals surface area contributed by atoms with E-state index >= 15 is 0 Å². The number of hydrogen-bond donors (Lipinski definition) is 2. The number of carboxylic acids is 1. The summed E-state index contributed by atoms with van der Waals surface area (Å²) in [6, 6.07) is 0. The van der Waals surface area contributed by atoms with E-state index in [9.17, 15) is 0 Å². The summed E-state index contributed by atoms with van der Waals surface area (Å²) in [5.74, 6) is -0.833. The van der Waals surface area contributed by atoms with Crippen molar-refractivity contribution in [2.75, 3.05) is 20.8 Å². The first kappa shape index (κ1) is 17.2. The first-order chi connectivity index (χ1) is 7.06. The number of ether oxygens (including phenoxy) is 2. The van der Waals surface area contributed by atoms with Crippen molar-refractivity contribution in [3.8, 4) is 0 Å². The molecule has 0 aromatic rings. The fourth-order valence-corrected chi connectivity index (χ4v) is 1.54.